The van der Waals surface area contributed by atoms with Gasteiger partial charge in [0.1, 0.15) is 0 Å². The first-order valence-corrected chi connectivity index (χ1v) is 9.60. The van der Waals surface area contributed by atoms with Crippen molar-refractivity contribution in [2.75, 3.05) is 24.7 Å². The number of carboxylic acid groups (broad SMARTS) is 1. The van der Waals surface area contributed by atoms with Gasteiger partial charge in [-0.15, -0.1) is 0 Å². The minimum atomic E-state index is -5.08. The third kappa shape index (κ3) is 6.03. The number of anilines is 1. The maximum atomic E-state index is 11.6. The highest BCUT2D eigenvalue weighted by atomic mass is 32.2. The van der Waals surface area contributed by atoms with Gasteiger partial charge in [0, 0.05) is 30.4 Å². The minimum absolute atomic E-state index is 0.275. The van der Waals surface area contributed by atoms with Gasteiger partial charge < -0.3 is 15.7 Å². The molecule has 1 aliphatic rings. The van der Waals surface area contributed by atoms with Crippen molar-refractivity contribution in [3.05, 3.63) is 24.4 Å². The molecule has 0 amide bonds. The Hall–Kier alpha value is -2.47. The van der Waals surface area contributed by atoms with Crippen LogP contribution in [-0.2, 0) is 14.6 Å². The number of benzene rings is 1. The number of rotatable bonds is 3. The number of halogens is 3. The number of aliphatic carboxylic acids is 1. The number of sulfone groups is 1. The van der Waals surface area contributed by atoms with Crippen molar-refractivity contribution >= 4 is 32.7 Å². The Balaban J connectivity index is 0.000000321. The second-order valence-electron chi connectivity index (χ2n) is 5.82. The van der Waals surface area contributed by atoms with Crippen LogP contribution in [0, 0.1) is 0 Å². The zero-order valence-corrected chi connectivity index (χ0v) is 14.9. The van der Waals surface area contributed by atoms with E-state index < -0.39 is 22.0 Å². The number of alkyl halides is 3. The van der Waals surface area contributed by atoms with Gasteiger partial charge in [0.2, 0.25) is 5.95 Å². The van der Waals surface area contributed by atoms with Crippen molar-refractivity contribution < 1.29 is 31.5 Å². The van der Waals surface area contributed by atoms with Crippen molar-refractivity contribution in [2.24, 2.45) is 0 Å². The van der Waals surface area contributed by atoms with E-state index in [0.29, 0.717) is 17.5 Å². The molecule has 8 nitrogen and oxygen atoms in total. The molecule has 1 aromatic carbocycles. The van der Waals surface area contributed by atoms with Crippen molar-refractivity contribution in [1.82, 2.24) is 15.3 Å². The summed E-state index contributed by atoms with van der Waals surface area (Å²) in [4.78, 5) is 17.8. The van der Waals surface area contributed by atoms with Crippen LogP contribution in [0.3, 0.4) is 0 Å². The molecule has 0 saturated carbocycles. The molecular weight excluding hydrogens is 389 g/mol. The highest BCUT2D eigenvalue weighted by molar-refractivity contribution is 7.90. The molecule has 1 fully saturated rings. The van der Waals surface area contributed by atoms with E-state index >= 15 is 0 Å². The van der Waals surface area contributed by atoms with E-state index in [1.165, 1.54) is 6.26 Å². The topological polar surface area (TPSA) is 121 Å². The third-order valence-electron chi connectivity index (χ3n) is 3.62. The second kappa shape index (κ2) is 8.05. The fourth-order valence-corrected chi connectivity index (χ4v) is 2.90. The molecule has 3 rings (SSSR count). The molecular formula is C15H17F3N4O4S. The van der Waals surface area contributed by atoms with E-state index in [-0.39, 0.29) is 4.90 Å². The molecule has 1 unspecified atom stereocenters. The van der Waals surface area contributed by atoms with Gasteiger partial charge in [-0.3, -0.25) is 0 Å². The molecule has 0 aliphatic carbocycles. The van der Waals surface area contributed by atoms with Crippen LogP contribution in [0.5, 0.6) is 0 Å². The second-order valence-corrected chi connectivity index (χ2v) is 7.84. The van der Waals surface area contributed by atoms with Crippen molar-refractivity contribution in [3.8, 4) is 0 Å². The van der Waals surface area contributed by atoms with Crippen molar-refractivity contribution in [2.45, 2.75) is 23.5 Å². The lowest BCUT2D eigenvalue weighted by atomic mass is 10.2. The zero-order chi connectivity index (χ0) is 20.2. The lowest BCUT2D eigenvalue weighted by molar-refractivity contribution is -0.192. The summed E-state index contributed by atoms with van der Waals surface area (Å²) in [7, 11) is -3.22. The number of carboxylic acids is 1. The van der Waals surface area contributed by atoms with E-state index in [1.54, 1.807) is 24.4 Å². The van der Waals surface area contributed by atoms with E-state index in [2.05, 4.69) is 20.6 Å². The van der Waals surface area contributed by atoms with Gasteiger partial charge in [-0.1, -0.05) is 0 Å². The molecule has 2 aromatic rings. The van der Waals surface area contributed by atoms with Crippen LogP contribution in [0.2, 0.25) is 0 Å². The fraction of sp³-hybridized carbons (Fsp3) is 0.400. The lowest BCUT2D eigenvalue weighted by Crippen LogP contribution is -2.23. The van der Waals surface area contributed by atoms with Crippen LogP contribution >= 0.6 is 0 Å². The summed E-state index contributed by atoms with van der Waals surface area (Å²) in [5.74, 6) is -2.22. The quantitative estimate of drug-likeness (QED) is 0.700. The average Bonchev–Trinajstić information content (AvgIpc) is 3.06. The Morgan fingerprint density at radius 3 is 2.56 bits per heavy atom. The highest BCUT2D eigenvalue weighted by Gasteiger charge is 2.38. The number of hydrogen-bond donors (Lipinski definition) is 3. The molecule has 0 bridgehead atoms. The van der Waals surface area contributed by atoms with Crippen LogP contribution in [0.25, 0.3) is 10.9 Å². The van der Waals surface area contributed by atoms with Crippen molar-refractivity contribution in [3.63, 3.8) is 0 Å². The molecule has 12 heteroatoms. The van der Waals surface area contributed by atoms with Gasteiger partial charge in [-0.05, 0) is 31.2 Å². The van der Waals surface area contributed by atoms with Crippen LogP contribution in [0.15, 0.2) is 29.3 Å². The van der Waals surface area contributed by atoms with Gasteiger partial charge in [0.05, 0.1) is 10.4 Å². The highest BCUT2D eigenvalue weighted by Crippen LogP contribution is 2.18. The van der Waals surface area contributed by atoms with Gasteiger partial charge in [0.15, 0.2) is 9.84 Å². The molecule has 148 valence electrons. The Kier molecular flexibility index (Phi) is 6.21. The maximum Gasteiger partial charge on any atom is 0.490 e. The number of hydrogen-bond acceptors (Lipinski definition) is 7. The summed E-state index contributed by atoms with van der Waals surface area (Å²) in [5, 5.41) is 14.5. The predicted octanol–water partition coefficient (Wildman–Crippen LogP) is 1.44. The summed E-state index contributed by atoms with van der Waals surface area (Å²) in [6, 6.07) is 5.22. The first kappa shape index (κ1) is 20.8. The van der Waals surface area contributed by atoms with Crippen LogP contribution in [0.4, 0.5) is 19.1 Å². The van der Waals surface area contributed by atoms with Crippen LogP contribution < -0.4 is 10.6 Å². The summed E-state index contributed by atoms with van der Waals surface area (Å²) < 4.78 is 54.9. The first-order chi connectivity index (χ1) is 12.5. The molecule has 1 aliphatic heterocycles. The molecule has 2 heterocycles. The van der Waals surface area contributed by atoms with Gasteiger partial charge in [-0.25, -0.2) is 23.2 Å². The average molecular weight is 406 g/mol. The standard InChI is InChI=1S/C13H16N4O2S.C2HF3O2/c1-20(18,19)11-3-2-9-7-15-13(17-12(9)6-11)16-10-4-5-14-8-10;3-2(4,5)1(6)7/h2-3,6-7,10,14H,4-5,8H2,1H3,(H,15,16,17);(H,6,7). The van der Waals surface area contributed by atoms with E-state index in [0.717, 1.165) is 24.9 Å². The molecule has 27 heavy (non-hydrogen) atoms. The normalized spacial score (nSPS) is 17.3. The summed E-state index contributed by atoms with van der Waals surface area (Å²) in [6.07, 6.45) is -1.15. The number of nitrogens with zero attached hydrogens (tertiary/aromatic N) is 2. The molecule has 1 saturated heterocycles. The van der Waals surface area contributed by atoms with Crippen molar-refractivity contribution in [1.29, 1.82) is 0 Å². The Morgan fingerprint density at radius 2 is 2.04 bits per heavy atom. The zero-order valence-electron chi connectivity index (χ0n) is 14.1. The van der Waals surface area contributed by atoms with E-state index in [4.69, 9.17) is 9.90 Å². The number of nitrogens with one attached hydrogen (secondary N) is 2. The summed E-state index contributed by atoms with van der Waals surface area (Å²) in [5.41, 5.74) is 0.636. The van der Waals surface area contributed by atoms with E-state index in [9.17, 15) is 21.6 Å². The molecule has 0 radical (unpaired) electrons. The Morgan fingerprint density at radius 1 is 1.37 bits per heavy atom. The van der Waals surface area contributed by atoms with Crippen LogP contribution in [0.1, 0.15) is 6.42 Å². The van der Waals surface area contributed by atoms with E-state index in [1.807, 2.05) is 0 Å². The molecule has 3 N–H and O–H groups in total. The lowest BCUT2D eigenvalue weighted by Gasteiger charge is -2.11. The molecule has 0 spiro atoms. The monoisotopic (exact) mass is 406 g/mol. The Labute approximate surface area is 152 Å². The number of fused-ring (bicyclic) bond motifs is 1. The number of aromatic nitrogens is 2. The van der Waals surface area contributed by atoms with Gasteiger partial charge in [-0.2, -0.15) is 13.2 Å². The first-order valence-electron chi connectivity index (χ1n) is 7.71. The largest absolute Gasteiger partial charge is 0.490 e. The summed E-state index contributed by atoms with van der Waals surface area (Å²) >= 11 is 0. The summed E-state index contributed by atoms with van der Waals surface area (Å²) in [6.45, 7) is 1.88. The molecule has 1 atom stereocenters. The van der Waals surface area contributed by atoms with Gasteiger partial charge >= 0.3 is 12.1 Å². The molecule has 1 aromatic heterocycles. The van der Waals surface area contributed by atoms with Crippen LogP contribution in [-0.4, -0.2) is 61.0 Å². The minimum Gasteiger partial charge on any atom is -0.475 e. The number of carbonyl (C=O) groups is 1. The predicted molar refractivity (Wildman–Crippen MR) is 91.2 cm³/mol. The smallest absolute Gasteiger partial charge is 0.475 e. The maximum absolute atomic E-state index is 11.6. The fourth-order valence-electron chi connectivity index (χ4n) is 2.26. The third-order valence-corrected chi connectivity index (χ3v) is 4.73. The SMILES string of the molecule is CS(=O)(=O)c1ccc2cnc(NC3CCNC3)nc2c1.O=C(O)C(F)(F)F. The van der Waals surface area contributed by atoms with Gasteiger partial charge in [0.25, 0.3) is 0 Å². The Bertz CT molecular complexity index is 928.